The molecule has 3 aromatic rings. The number of para-hydroxylation sites is 1. The maximum Gasteiger partial charge on any atom is 0.168 e. The van der Waals surface area contributed by atoms with Gasteiger partial charge in [-0.25, -0.2) is 0 Å². The molecule has 94 valence electrons. The molecule has 19 heavy (non-hydrogen) atoms. The molecule has 0 radical (unpaired) electrons. The largest absolute Gasteiger partial charge is 0.278 e. The monoisotopic (exact) mass is 270 g/mol. The summed E-state index contributed by atoms with van der Waals surface area (Å²) < 4.78 is 1.94. The minimum absolute atomic E-state index is 0.667. The molecule has 0 saturated heterocycles. The molecule has 4 nitrogen and oxygen atoms in total. The molecule has 0 spiro atoms. The molecule has 3 rings (SSSR count). The second-order valence-corrected chi connectivity index (χ2v) is 4.50. The highest BCUT2D eigenvalue weighted by Gasteiger charge is 2.14. The molecule has 0 aliphatic carbocycles. The molecule has 5 heteroatoms. The summed E-state index contributed by atoms with van der Waals surface area (Å²) in [5, 5.41) is 9.04. The topological polar surface area (TPSA) is 43.6 Å². The average Bonchev–Trinajstić information content (AvgIpc) is 2.82. The summed E-state index contributed by atoms with van der Waals surface area (Å²) in [5.74, 6) is 1.55. The van der Waals surface area contributed by atoms with E-state index in [4.69, 9.17) is 11.6 Å². The van der Waals surface area contributed by atoms with E-state index in [1.54, 1.807) is 12.4 Å². The lowest BCUT2D eigenvalue weighted by Gasteiger charge is -2.10. The Balaban J connectivity index is 2.23. The third-order valence-corrected chi connectivity index (χ3v) is 3.18. The molecule has 2 heterocycles. The highest BCUT2D eigenvalue weighted by molar-refractivity contribution is 6.32. The van der Waals surface area contributed by atoms with Gasteiger partial charge >= 0.3 is 0 Å². The number of hydrogen-bond donors (Lipinski definition) is 0. The fourth-order valence-corrected chi connectivity index (χ4v) is 2.19. The zero-order valence-electron chi connectivity index (χ0n) is 10.3. The van der Waals surface area contributed by atoms with E-state index in [9.17, 15) is 0 Å². The zero-order valence-corrected chi connectivity index (χ0v) is 11.0. The van der Waals surface area contributed by atoms with Gasteiger partial charge in [0.05, 0.1) is 10.7 Å². The number of aromatic nitrogens is 4. The predicted molar refractivity (Wildman–Crippen MR) is 74.3 cm³/mol. The van der Waals surface area contributed by atoms with E-state index in [2.05, 4.69) is 15.2 Å². The van der Waals surface area contributed by atoms with Crippen LogP contribution in [-0.4, -0.2) is 19.7 Å². The van der Waals surface area contributed by atoms with Crippen molar-refractivity contribution in [2.24, 2.45) is 0 Å². The lowest BCUT2D eigenvalue weighted by atomic mass is 10.2. The highest BCUT2D eigenvalue weighted by Crippen LogP contribution is 2.26. The van der Waals surface area contributed by atoms with Crippen molar-refractivity contribution in [3.63, 3.8) is 0 Å². The number of halogens is 1. The number of pyridine rings is 1. The molecule has 0 bridgehead atoms. The van der Waals surface area contributed by atoms with Gasteiger partial charge in [0.2, 0.25) is 0 Å². The Morgan fingerprint density at radius 1 is 1.00 bits per heavy atom. The van der Waals surface area contributed by atoms with Gasteiger partial charge in [-0.1, -0.05) is 23.7 Å². The number of benzene rings is 1. The van der Waals surface area contributed by atoms with Gasteiger partial charge in [0.25, 0.3) is 0 Å². The Morgan fingerprint density at radius 3 is 2.47 bits per heavy atom. The van der Waals surface area contributed by atoms with E-state index < -0.39 is 0 Å². The normalized spacial score (nSPS) is 10.6. The van der Waals surface area contributed by atoms with Crippen LogP contribution in [0.1, 0.15) is 5.82 Å². The van der Waals surface area contributed by atoms with E-state index in [1.165, 1.54) is 0 Å². The molecule has 0 amide bonds. The summed E-state index contributed by atoms with van der Waals surface area (Å²) in [6.07, 6.45) is 3.46. The molecule has 0 atom stereocenters. The molecule has 1 aromatic carbocycles. The van der Waals surface area contributed by atoms with Gasteiger partial charge in [-0.2, -0.15) is 0 Å². The first kappa shape index (κ1) is 11.9. The lowest BCUT2D eigenvalue weighted by molar-refractivity contribution is 0.972. The van der Waals surface area contributed by atoms with Crippen LogP contribution in [0.25, 0.3) is 17.1 Å². The molecule has 0 fully saturated rings. The molecular formula is C14H11ClN4. The number of aryl methyl sites for hydroxylation is 1. The summed E-state index contributed by atoms with van der Waals surface area (Å²) >= 11 is 6.26. The van der Waals surface area contributed by atoms with Crippen LogP contribution in [-0.2, 0) is 0 Å². The van der Waals surface area contributed by atoms with Gasteiger partial charge in [-0.15, -0.1) is 10.2 Å². The van der Waals surface area contributed by atoms with Crippen LogP contribution < -0.4 is 0 Å². The summed E-state index contributed by atoms with van der Waals surface area (Å²) in [4.78, 5) is 4.01. The molecule has 2 aromatic heterocycles. The van der Waals surface area contributed by atoms with Crippen LogP contribution >= 0.6 is 11.6 Å². The SMILES string of the molecule is Cc1nnc(-c2ccncc2)n1-c1ccccc1Cl. The fourth-order valence-electron chi connectivity index (χ4n) is 1.97. The maximum absolute atomic E-state index is 6.26. The summed E-state index contributed by atoms with van der Waals surface area (Å²) in [7, 11) is 0. The van der Waals surface area contributed by atoms with Crippen LogP contribution in [0.3, 0.4) is 0 Å². The number of rotatable bonds is 2. The van der Waals surface area contributed by atoms with Crippen molar-refractivity contribution in [2.75, 3.05) is 0 Å². The van der Waals surface area contributed by atoms with Crippen molar-refractivity contribution in [3.05, 3.63) is 59.6 Å². The van der Waals surface area contributed by atoms with Crippen molar-refractivity contribution in [1.82, 2.24) is 19.7 Å². The highest BCUT2D eigenvalue weighted by atomic mass is 35.5. The first-order valence-corrected chi connectivity index (χ1v) is 6.22. The average molecular weight is 271 g/mol. The van der Waals surface area contributed by atoms with E-state index >= 15 is 0 Å². The third-order valence-electron chi connectivity index (χ3n) is 2.86. The summed E-state index contributed by atoms with van der Waals surface area (Å²) in [6.45, 7) is 1.90. The third kappa shape index (κ3) is 2.11. The number of nitrogens with zero attached hydrogens (tertiary/aromatic N) is 4. The quantitative estimate of drug-likeness (QED) is 0.718. The van der Waals surface area contributed by atoms with Gasteiger partial charge in [0, 0.05) is 18.0 Å². The van der Waals surface area contributed by atoms with Crippen molar-refractivity contribution in [2.45, 2.75) is 6.92 Å². The van der Waals surface area contributed by atoms with Crippen molar-refractivity contribution in [3.8, 4) is 17.1 Å². The Morgan fingerprint density at radius 2 is 1.74 bits per heavy atom. The van der Waals surface area contributed by atoms with E-state index in [0.29, 0.717) is 5.02 Å². The lowest BCUT2D eigenvalue weighted by Crippen LogP contribution is -2.00. The second-order valence-electron chi connectivity index (χ2n) is 4.09. The van der Waals surface area contributed by atoms with Crippen LogP contribution in [0.15, 0.2) is 48.8 Å². The van der Waals surface area contributed by atoms with Crippen LogP contribution in [0, 0.1) is 6.92 Å². The van der Waals surface area contributed by atoms with E-state index in [0.717, 1.165) is 22.9 Å². The Labute approximate surface area is 115 Å². The summed E-state index contributed by atoms with van der Waals surface area (Å²) in [5.41, 5.74) is 1.83. The van der Waals surface area contributed by atoms with E-state index in [1.807, 2.05) is 47.9 Å². The molecule has 0 unspecified atom stereocenters. The van der Waals surface area contributed by atoms with Crippen LogP contribution in [0.2, 0.25) is 5.02 Å². The second kappa shape index (κ2) is 4.82. The van der Waals surface area contributed by atoms with Crippen molar-refractivity contribution in [1.29, 1.82) is 0 Å². The fraction of sp³-hybridized carbons (Fsp3) is 0.0714. The minimum atomic E-state index is 0.667. The minimum Gasteiger partial charge on any atom is -0.278 e. The number of hydrogen-bond acceptors (Lipinski definition) is 3. The molecule has 0 aliphatic heterocycles. The van der Waals surface area contributed by atoms with Gasteiger partial charge in [0.1, 0.15) is 5.82 Å². The molecule has 0 N–H and O–H groups in total. The molecule has 0 aliphatic rings. The Hall–Kier alpha value is -2.20. The molecular weight excluding hydrogens is 260 g/mol. The Bertz CT molecular complexity index is 706. The maximum atomic E-state index is 6.26. The predicted octanol–water partition coefficient (Wildman–Crippen LogP) is 3.29. The first-order chi connectivity index (χ1) is 9.27. The van der Waals surface area contributed by atoms with Gasteiger partial charge in [-0.05, 0) is 31.2 Å². The van der Waals surface area contributed by atoms with Gasteiger partial charge < -0.3 is 0 Å². The first-order valence-electron chi connectivity index (χ1n) is 5.84. The van der Waals surface area contributed by atoms with E-state index in [-0.39, 0.29) is 0 Å². The van der Waals surface area contributed by atoms with Crippen molar-refractivity contribution < 1.29 is 0 Å². The zero-order chi connectivity index (χ0) is 13.2. The van der Waals surface area contributed by atoms with Crippen LogP contribution in [0.4, 0.5) is 0 Å². The van der Waals surface area contributed by atoms with Gasteiger partial charge in [-0.3, -0.25) is 9.55 Å². The van der Waals surface area contributed by atoms with Gasteiger partial charge in [0.15, 0.2) is 5.82 Å². The molecule has 0 saturated carbocycles. The standard InChI is InChI=1S/C14H11ClN4/c1-10-17-18-14(11-6-8-16-9-7-11)19(10)13-5-3-2-4-12(13)15/h2-9H,1H3. The van der Waals surface area contributed by atoms with Crippen molar-refractivity contribution >= 4 is 11.6 Å². The van der Waals surface area contributed by atoms with Crippen LogP contribution in [0.5, 0.6) is 0 Å². The smallest absolute Gasteiger partial charge is 0.168 e. The Kier molecular flexibility index (Phi) is 3.01. The summed E-state index contributed by atoms with van der Waals surface area (Å²) in [6, 6.07) is 11.4.